The first kappa shape index (κ1) is 2.47. The summed E-state index contributed by atoms with van der Waals surface area (Å²) in [6.45, 7) is 0. The van der Waals surface area contributed by atoms with Crippen molar-refractivity contribution in [2.24, 2.45) is 5.92 Å². The first-order valence-electron chi connectivity index (χ1n) is 1.40. The fraction of sp³-hybridized carbons (Fsp3) is 0.250. The van der Waals surface area contributed by atoms with Crippen LogP contribution in [0.1, 0.15) is 0 Å². The molecule has 0 aromatic rings. The summed E-state index contributed by atoms with van der Waals surface area (Å²) in [6, 6.07) is 0. The van der Waals surface area contributed by atoms with E-state index < -0.39 is 0 Å². The van der Waals surface area contributed by atoms with Gasteiger partial charge < -0.3 is 4.79 Å². The van der Waals surface area contributed by atoms with Crippen LogP contribution in [-0.2, 0) is 4.79 Å². The highest BCUT2D eigenvalue weighted by Gasteiger charge is 2.04. The lowest BCUT2D eigenvalue weighted by atomic mass is 10.4. The predicted octanol–water partition coefficient (Wildman–Crippen LogP) is -0.182. The topological polar surface area (TPSA) is 17.1 Å². The maximum absolute atomic E-state index is 9.44. The van der Waals surface area contributed by atoms with E-state index in [9.17, 15) is 4.79 Å². The normalized spacial score (nSPS) is 16.0. The van der Waals surface area contributed by atoms with Gasteiger partial charge in [-0.25, -0.2) is 0 Å². The van der Waals surface area contributed by atoms with Gasteiger partial charge in [-0.2, -0.15) is 0 Å². The second-order valence-electron chi connectivity index (χ2n) is 0.902. The molecule has 0 N–H and O–H groups in total. The van der Waals surface area contributed by atoms with Crippen molar-refractivity contribution < 1.29 is 4.79 Å². The number of carbonyl (C=O) groups excluding carboxylic acids is 1. The molecule has 1 rings (SSSR count). The molecule has 1 nitrogen and oxygen atoms in total. The molecule has 0 radical (unpaired) electrons. The summed E-state index contributed by atoms with van der Waals surface area (Å²) in [6.07, 6.45) is 0.806. The second-order valence-corrected chi connectivity index (χ2v) is 0.902. The van der Waals surface area contributed by atoms with Gasteiger partial charge in [0.15, 0.2) is 0 Å². The van der Waals surface area contributed by atoms with Gasteiger partial charge in [0.05, 0.1) is 0 Å². The number of carbonyl (C=O) groups is 1. The first-order chi connectivity index (χ1) is 2.43. The summed E-state index contributed by atoms with van der Waals surface area (Å²) in [5, 5.41) is 0. The number of hydrogen-bond donors (Lipinski definition) is 0. The van der Waals surface area contributed by atoms with Crippen molar-refractivity contribution in [2.75, 3.05) is 0 Å². The molecule has 0 spiro atoms. The van der Waals surface area contributed by atoms with Gasteiger partial charge in [-0.15, -0.1) is 0 Å². The average molecular weight is 66.1 g/mol. The zero-order valence-electron chi connectivity index (χ0n) is 2.56. The molecule has 0 aromatic heterocycles. The second kappa shape index (κ2) is 0.587. The zero-order chi connectivity index (χ0) is 3.70. The molecule has 1 aliphatic carbocycles. The van der Waals surface area contributed by atoms with Crippen LogP contribution >= 0.6 is 0 Å². The molecule has 1 heteroatoms. The summed E-state index contributed by atoms with van der Waals surface area (Å²) < 4.78 is 0. The Labute approximate surface area is 30.0 Å². The Morgan fingerprint density at radius 2 is 2.20 bits per heavy atom. The van der Waals surface area contributed by atoms with Gasteiger partial charge in [0, 0.05) is 0 Å². The Balaban J connectivity index is 2.31. The Morgan fingerprint density at radius 3 is 2.20 bits per heavy atom. The van der Waals surface area contributed by atoms with E-state index in [1.54, 1.807) is 0 Å². The van der Waals surface area contributed by atoms with E-state index >= 15 is 0 Å². The monoisotopic (exact) mass is 66.0 g/mol. The highest BCUT2D eigenvalue weighted by atomic mass is 16.1. The molecule has 24 valence electrons. The molecule has 0 atom stereocenters. The van der Waals surface area contributed by atoms with Gasteiger partial charge in [0.1, 0.15) is 12.2 Å². The molecule has 0 fully saturated rings. The molecule has 0 bridgehead atoms. The Hall–Kier alpha value is -0.770. The van der Waals surface area contributed by atoms with Crippen LogP contribution in [0.25, 0.3) is 0 Å². The van der Waals surface area contributed by atoms with E-state index in [4.69, 9.17) is 0 Å². The number of hydrogen-bond acceptors (Lipinski definition) is 1. The SMILES string of the molecule is O=CC1C#C1. The Morgan fingerprint density at radius 1 is 1.60 bits per heavy atom. The molecule has 0 unspecified atom stereocenters. The van der Waals surface area contributed by atoms with Gasteiger partial charge in [-0.1, -0.05) is 11.8 Å². The van der Waals surface area contributed by atoms with Gasteiger partial charge in [-0.05, 0) is 0 Å². The Kier molecular flexibility index (Phi) is 0.290. The molecule has 0 saturated heterocycles. The van der Waals surface area contributed by atoms with E-state index in [2.05, 4.69) is 11.8 Å². The fourth-order valence-electron chi connectivity index (χ4n) is 0.116. The summed E-state index contributed by atoms with van der Waals surface area (Å²) in [5.74, 6) is 5.09. The van der Waals surface area contributed by atoms with Crippen LogP contribution in [0.2, 0.25) is 0 Å². The minimum atomic E-state index is -0.0463. The van der Waals surface area contributed by atoms with Crippen molar-refractivity contribution in [1.82, 2.24) is 0 Å². The van der Waals surface area contributed by atoms with E-state index in [0.29, 0.717) is 0 Å². The van der Waals surface area contributed by atoms with Crippen LogP contribution in [0.4, 0.5) is 0 Å². The van der Waals surface area contributed by atoms with Crippen molar-refractivity contribution in [1.29, 1.82) is 0 Å². The van der Waals surface area contributed by atoms with Gasteiger partial charge in [-0.3, -0.25) is 0 Å². The molecule has 0 aromatic carbocycles. The largest absolute Gasteiger partial charge is 0.301 e. The highest BCUT2D eigenvalue weighted by Crippen LogP contribution is 1.96. The fourth-order valence-corrected chi connectivity index (χ4v) is 0.116. The maximum atomic E-state index is 9.44. The van der Waals surface area contributed by atoms with Crippen LogP contribution in [0.3, 0.4) is 0 Å². The van der Waals surface area contributed by atoms with Crippen molar-refractivity contribution in [3.8, 4) is 11.8 Å². The minimum absolute atomic E-state index is 0.0463. The minimum Gasteiger partial charge on any atom is -0.301 e. The van der Waals surface area contributed by atoms with Crippen molar-refractivity contribution >= 4 is 6.29 Å². The summed E-state index contributed by atoms with van der Waals surface area (Å²) in [7, 11) is 0. The lowest BCUT2D eigenvalue weighted by molar-refractivity contribution is -0.108. The molecule has 1 aliphatic rings. The van der Waals surface area contributed by atoms with Crippen molar-refractivity contribution in [3.05, 3.63) is 0 Å². The maximum Gasteiger partial charge on any atom is 0.147 e. The predicted molar refractivity (Wildman–Crippen MR) is 17.3 cm³/mol. The summed E-state index contributed by atoms with van der Waals surface area (Å²) in [4.78, 5) is 9.44. The van der Waals surface area contributed by atoms with Crippen LogP contribution in [0.15, 0.2) is 0 Å². The van der Waals surface area contributed by atoms with Crippen LogP contribution in [0, 0.1) is 17.8 Å². The van der Waals surface area contributed by atoms with E-state index in [1.807, 2.05) is 0 Å². The zero-order valence-corrected chi connectivity index (χ0v) is 2.56. The van der Waals surface area contributed by atoms with Crippen molar-refractivity contribution in [2.45, 2.75) is 0 Å². The molecule has 5 heavy (non-hydrogen) atoms. The quantitative estimate of drug-likeness (QED) is 0.306. The smallest absolute Gasteiger partial charge is 0.147 e. The molecular weight excluding hydrogens is 64.0 g/mol. The van der Waals surface area contributed by atoms with Gasteiger partial charge >= 0.3 is 0 Å². The molecule has 0 aliphatic heterocycles. The molecular formula is C4H2O. The average Bonchev–Trinajstić information content (AvgIpc) is 2.12. The van der Waals surface area contributed by atoms with E-state index in [-0.39, 0.29) is 5.92 Å². The Bertz CT molecular complexity index is 96.6. The van der Waals surface area contributed by atoms with Crippen LogP contribution < -0.4 is 0 Å². The lowest BCUT2D eigenvalue weighted by Crippen LogP contribution is -1.74. The van der Waals surface area contributed by atoms with Gasteiger partial charge in [0.2, 0.25) is 0 Å². The lowest BCUT2D eigenvalue weighted by Gasteiger charge is -1.58. The summed E-state index contributed by atoms with van der Waals surface area (Å²) >= 11 is 0. The molecule has 0 saturated carbocycles. The van der Waals surface area contributed by atoms with Crippen molar-refractivity contribution in [3.63, 3.8) is 0 Å². The highest BCUT2D eigenvalue weighted by molar-refractivity contribution is 5.70. The summed E-state index contributed by atoms with van der Waals surface area (Å²) in [5.41, 5.74) is 0. The molecule has 0 amide bonds. The third kappa shape index (κ3) is 0.273. The van der Waals surface area contributed by atoms with Crippen LogP contribution in [-0.4, -0.2) is 6.29 Å². The standard InChI is InChI=1S/C4H2O/c5-3-4-1-2-4/h3-4H. The van der Waals surface area contributed by atoms with E-state index in [1.165, 1.54) is 0 Å². The molecule has 0 heterocycles. The number of aldehydes is 1. The number of rotatable bonds is 1. The third-order valence-corrected chi connectivity index (χ3v) is 0.447. The van der Waals surface area contributed by atoms with Gasteiger partial charge in [0.25, 0.3) is 0 Å². The van der Waals surface area contributed by atoms with E-state index in [0.717, 1.165) is 6.29 Å². The third-order valence-electron chi connectivity index (χ3n) is 0.447. The van der Waals surface area contributed by atoms with Crippen LogP contribution in [0.5, 0.6) is 0 Å². The first-order valence-corrected chi connectivity index (χ1v) is 1.40.